The van der Waals surface area contributed by atoms with Gasteiger partial charge in [0, 0.05) is 12.2 Å². The third-order valence-electron chi connectivity index (χ3n) is 3.26. The van der Waals surface area contributed by atoms with Crippen molar-refractivity contribution in [1.82, 2.24) is 4.90 Å². The number of nitrogens with zero attached hydrogens (tertiary/aromatic N) is 1. The van der Waals surface area contributed by atoms with E-state index in [1.54, 1.807) is 0 Å². The van der Waals surface area contributed by atoms with Gasteiger partial charge in [-0.3, -0.25) is 4.90 Å². The summed E-state index contributed by atoms with van der Waals surface area (Å²) in [6.45, 7) is 4.64. The average Bonchev–Trinajstić information content (AvgIpc) is 2.40. The van der Waals surface area contributed by atoms with Gasteiger partial charge in [0.1, 0.15) is 0 Å². The molecule has 2 nitrogen and oxygen atoms in total. The first-order valence-corrected chi connectivity index (χ1v) is 6.67. The number of fused-ring (bicyclic) bond motifs is 1. The van der Waals surface area contributed by atoms with Gasteiger partial charge in [0.2, 0.25) is 0 Å². The lowest BCUT2D eigenvalue weighted by Gasteiger charge is -2.20. The minimum atomic E-state index is 0.667. The normalized spacial score (nSPS) is 10.8. The van der Waals surface area contributed by atoms with Crippen molar-refractivity contribution in [2.24, 2.45) is 0 Å². The summed E-state index contributed by atoms with van der Waals surface area (Å²) in [5, 5.41) is 2.41. The second-order valence-corrected chi connectivity index (χ2v) is 4.81. The van der Waals surface area contributed by atoms with Gasteiger partial charge in [0.05, 0.1) is 6.54 Å². The van der Waals surface area contributed by atoms with Crippen LogP contribution in [0.3, 0.4) is 0 Å². The highest BCUT2D eigenvalue weighted by atomic mass is 15.1. The molecule has 0 atom stereocenters. The molecule has 0 saturated heterocycles. The monoisotopic (exact) mass is 252 g/mol. The van der Waals surface area contributed by atoms with Gasteiger partial charge in [-0.2, -0.15) is 0 Å². The van der Waals surface area contributed by atoms with Crippen molar-refractivity contribution in [3.8, 4) is 12.3 Å². The molecule has 0 bridgehead atoms. The van der Waals surface area contributed by atoms with Crippen molar-refractivity contribution in [2.45, 2.75) is 19.9 Å². The summed E-state index contributed by atoms with van der Waals surface area (Å²) in [4.78, 5) is 2.25. The fourth-order valence-corrected chi connectivity index (χ4v) is 2.34. The van der Waals surface area contributed by atoms with Crippen LogP contribution < -0.4 is 5.73 Å². The van der Waals surface area contributed by atoms with Gasteiger partial charge in [-0.05, 0) is 41.4 Å². The van der Waals surface area contributed by atoms with Gasteiger partial charge in [-0.25, -0.2) is 0 Å². The highest BCUT2D eigenvalue weighted by Gasteiger charge is 2.07. The zero-order chi connectivity index (χ0) is 13.7. The van der Waals surface area contributed by atoms with Crippen LogP contribution in [0.2, 0.25) is 0 Å². The summed E-state index contributed by atoms with van der Waals surface area (Å²) in [7, 11) is 0. The number of benzene rings is 2. The van der Waals surface area contributed by atoms with E-state index < -0.39 is 0 Å². The Hall–Kier alpha value is -1.98. The number of hydrogen-bond acceptors (Lipinski definition) is 2. The molecule has 2 heteroatoms. The van der Waals surface area contributed by atoms with Gasteiger partial charge in [0.25, 0.3) is 0 Å². The molecule has 0 saturated carbocycles. The Balaban J connectivity index is 2.28. The predicted molar refractivity (Wildman–Crippen MR) is 82.8 cm³/mol. The molecule has 0 amide bonds. The largest absolute Gasteiger partial charge is 0.398 e. The lowest BCUT2D eigenvalue weighted by molar-refractivity contribution is 0.300. The quantitative estimate of drug-likeness (QED) is 0.653. The van der Waals surface area contributed by atoms with Crippen molar-refractivity contribution in [3.63, 3.8) is 0 Å². The molecule has 2 rings (SSSR count). The molecule has 0 radical (unpaired) electrons. The molecule has 0 aliphatic heterocycles. The first-order chi connectivity index (χ1) is 9.24. The molecule has 98 valence electrons. The second-order valence-electron chi connectivity index (χ2n) is 4.81. The zero-order valence-corrected chi connectivity index (χ0v) is 11.4. The van der Waals surface area contributed by atoms with Crippen LogP contribution in [-0.4, -0.2) is 18.0 Å². The topological polar surface area (TPSA) is 29.3 Å². The first kappa shape index (κ1) is 13.5. The Morgan fingerprint density at radius 1 is 1.21 bits per heavy atom. The number of nitrogens with two attached hydrogens (primary N) is 1. The fourth-order valence-electron chi connectivity index (χ4n) is 2.34. The van der Waals surface area contributed by atoms with E-state index in [9.17, 15) is 0 Å². The van der Waals surface area contributed by atoms with Crippen LogP contribution in [-0.2, 0) is 6.54 Å². The van der Waals surface area contributed by atoms with Crippen LogP contribution in [0, 0.1) is 12.3 Å². The van der Waals surface area contributed by atoms with Crippen LogP contribution >= 0.6 is 0 Å². The molecule has 2 aromatic rings. The zero-order valence-electron chi connectivity index (χ0n) is 11.4. The smallest absolute Gasteiger partial charge is 0.0601 e. The van der Waals surface area contributed by atoms with Crippen LogP contribution in [0.25, 0.3) is 10.8 Å². The fraction of sp³-hybridized carbons (Fsp3) is 0.294. The second kappa shape index (κ2) is 6.26. The molecule has 2 N–H and O–H groups in total. The molecule has 2 aromatic carbocycles. The molecule has 0 unspecified atom stereocenters. The molecular weight excluding hydrogens is 232 g/mol. The van der Waals surface area contributed by atoms with Crippen molar-refractivity contribution in [2.75, 3.05) is 18.8 Å². The SMILES string of the molecule is C#CCN(CCC)Cc1cc2ccccc2cc1N. The Morgan fingerprint density at radius 3 is 2.53 bits per heavy atom. The number of hydrogen-bond donors (Lipinski definition) is 1. The third kappa shape index (κ3) is 3.27. The highest BCUT2D eigenvalue weighted by molar-refractivity contribution is 5.86. The van der Waals surface area contributed by atoms with Gasteiger partial charge >= 0.3 is 0 Å². The highest BCUT2D eigenvalue weighted by Crippen LogP contribution is 2.23. The van der Waals surface area contributed by atoms with Crippen molar-refractivity contribution < 1.29 is 0 Å². The van der Waals surface area contributed by atoms with Gasteiger partial charge < -0.3 is 5.73 Å². The molecule has 0 aliphatic carbocycles. The molecule has 0 fully saturated rings. The van der Waals surface area contributed by atoms with Crippen LogP contribution in [0.4, 0.5) is 5.69 Å². The predicted octanol–water partition coefficient (Wildman–Crippen LogP) is 3.27. The van der Waals surface area contributed by atoms with Gasteiger partial charge in [0.15, 0.2) is 0 Å². The van der Waals surface area contributed by atoms with E-state index in [1.807, 2.05) is 18.2 Å². The van der Waals surface area contributed by atoms with Crippen LogP contribution in [0.1, 0.15) is 18.9 Å². The van der Waals surface area contributed by atoms with Crippen LogP contribution in [0.15, 0.2) is 36.4 Å². The first-order valence-electron chi connectivity index (χ1n) is 6.67. The van der Waals surface area contributed by atoms with E-state index in [4.69, 9.17) is 12.2 Å². The minimum Gasteiger partial charge on any atom is -0.398 e. The Labute approximate surface area is 115 Å². The van der Waals surface area contributed by atoms with E-state index in [1.165, 1.54) is 10.8 Å². The average molecular weight is 252 g/mol. The Kier molecular flexibility index (Phi) is 4.43. The van der Waals surface area contributed by atoms with Gasteiger partial charge in [-0.1, -0.05) is 37.1 Å². The van der Waals surface area contributed by atoms with E-state index in [-0.39, 0.29) is 0 Å². The third-order valence-corrected chi connectivity index (χ3v) is 3.26. The van der Waals surface area contributed by atoms with Crippen molar-refractivity contribution in [1.29, 1.82) is 0 Å². The van der Waals surface area contributed by atoms with Crippen molar-refractivity contribution in [3.05, 3.63) is 42.0 Å². The summed E-state index contributed by atoms with van der Waals surface area (Å²) in [5.41, 5.74) is 8.15. The van der Waals surface area contributed by atoms with E-state index in [2.05, 4.69) is 35.9 Å². The Bertz CT molecular complexity index is 596. The number of anilines is 1. The lowest BCUT2D eigenvalue weighted by atomic mass is 10.0. The summed E-state index contributed by atoms with van der Waals surface area (Å²) in [6.07, 6.45) is 6.51. The number of nitrogen functional groups attached to an aromatic ring is 1. The van der Waals surface area contributed by atoms with Crippen molar-refractivity contribution >= 4 is 16.5 Å². The van der Waals surface area contributed by atoms with E-state index in [0.717, 1.165) is 30.8 Å². The molecule has 19 heavy (non-hydrogen) atoms. The maximum absolute atomic E-state index is 6.15. The maximum atomic E-state index is 6.15. The minimum absolute atomic E-state index is 0.667. The number of rotatable bonds is 5. The molecular formula is C17H20N2. The van der Waals surface area contributed by atoms with Crippen LogP contribution in [0.5, 0.6) is 0 Å². The number of terminal acetylenes is 1. The lowest BCUT2D eigenvalue weighted by Crippen LogP contribution is -2.24. The van der Waals surface area contributed by atoms with E-state index in [0.29, 0.717) is 6.54 Å². The molecule has 0 heterocycles. The summed E-state index contributed by atoms with van der Waals surface area (Å²) in [5.74, 6) is 2.71. The molecule has 0 aromatic heterocycles. The Morgan fingerprint density at radius 2 is 1.89 bits per heavy atom. The van der Waals surface area contributed by atoms with E-state index >= 15 is 0 Å². The summed E-state index contributed by atoms with van der Waals surface area (Å²) >= 11 is 0. The standard InChI is InChI=1S/C17H20N2/c1-3-9-19(10-4-2)13-16-11-14-7-5-6-8-15(14)12-17(16)18/h1,5-8,11-12H,4,9-10,13,18H2,2H3. The van der Waals surface area contributed by atoms with Gasteiger partial charge in [-0.15, -0.1) is 6.42 Å². The summed E-state index contributed by atoms with van der Waals surface area (Å²) in [6, 6.07) is 12.5. The maximum Gasteiger partial charge on any atom is 0.0601 e. The molecule has 0 aliphatic rings. The summed E-state index contributed by atoms with van der Waals surface area (Å²) < 4.78 is 0. The molecule has 0 spiro atoms.